The fourth-order valence-corrected chi connectivity index (χ4v) is 3.17. The molecule has 4 nitrogen and oxygen atoms in total. The van der Waals surface area contributed by atoms with E-state index in [2.05, 4.69) is 23.3 Å². The highest BCUT2D eigenvalue weighted by molar-refractivity contribution is 7.22. The van der Waals surface area contributed by atoms with E-state index in [0.717, 1.165) is 26.6 Å². The predicted molar refractivity (Wildman–Crippen MR) is 101 cm³/mol. The van der Waals surface area contributed by atoms with Crippen LogP contribution in [-0.2, 0) is 0 Å². The van der Waals surface area contributed by atoms with Crippen molar-refractivity contribution in [3.05, 3.63) is 67.1 Å². The summed E-state index contributed by atoms with van der Waals surface area (Å²) in [6.07, 6.45) is 0.249. The number of hydrogen-bond donors (Lipinski definition) is 2. The third-order valence-electron chi connectivity index (χ3n) is 4.20. The first-order valence-corrected chi connectivity index (χ1v) is 8.52. The third-order valence-corrected chi connectivity index (χ3v) is 5.15. The minimum absolute atomic E-state index is 0.249. The molecule has 0 aliphatic carbocycles. The van der Waals surface area contributed by atoms with E-state index in [1.165, 1.54) is 0 Å². The highest BCUT2D eigenvalue weighted by Gasteiger charge is 2.32. The Balaban J connectivity index is 1.77. The molecule has 0 aliphatic rings. The summed E-state index contributed by atoms with van der Waals surface area (Å²) in [5.74, 6) is 0. The van der Waals surface area contributed by atoms with Gasteiger partial charge in [-0.25, -0.2) is 4.98 Å². The number of thiazole rings is 1. The van der Waals surface area contributed by atoms with Crippen LogP contribution in [0.25, 0.3) is 10.2 Å². The third kappa shape index (κ3) is 3.29. The molecule has 3 aromatic rings. The number of anilines is 2. The van der Waals surface area contributed by atoms with E-state index in [-0.39, 0.29) is 6.10 Å². The fraction of sp³-hybridized carbons (Fsp3) is 0.211. The van der Waals surface area contributed by atoms with Gasteiger partial charge in [0.1, 0.15) is 6.10 Å². The maximum Gasteiger partial charge on any atom is 0.188 e. The topological polar surface area (TPSA) is 48.4 Å². The lowest BCUT2D eigenvalue weighted by Gasteiger charge is -2.36. The molecule has 2 radical (unpaired) electrons. The van der Waals surface area contributed by atoms with Crippen LogP contribution in [-0.4, -0.2) is 34.6 Å². The summed E-state index contributed by atoms with van der Waals surface area (Å²) in [6.45, 7) is 5.96. The van der Waals surface area contributed by atoms with Crippen molar-refractivity contribution >= 4 is 32.4 Å². The summed E-state index contributed by atoms with van der Waals surface area (Å²) in [5.41, 5.74) is 2.02. The van der Waals surface area contributed by atoms with Crippen molar-refractivity contribution in [2.75, 3.05) is 19.4 Å². The highest BCUT2D eigenvalue weighted by atomic mass is 32.1. The van der Waals surface area contributed by atoms with Crippen molar-refractivity contribution in [1.82, 2.24) is 9.88 Å². The average Bonchev–Trinajstić information content (AvgIpc) is 2.97. The highest BCUT2D eigenvalue weighted by Crippen LogP contribution is 2.31. The second kappa shape index (κ2) is 6.51. The monoisotopic (exact) mass is 339 g/mol. The van der Waals surface area contributed by atoms with Crippen molar-refractivity contribution in [3.63, 3.8) is 0 Å². The van der Waals surface area contributed by atoms with E-state index < -0.39 is 5.54 Å². The minimum atomic E-state index is -0.665. The summed E-state index contributed by atoms with van der Waals surface area (Å²) >= 11 is 1.62. The van der Waals surface area contributed by atoms with Crippen molar-refractivity contribution < 1.29 is 5.11 Å². The van der Waals surface area contributed by atoms with Gasteiger partial charge < -0.3 is 15.3 Å². The van der Waals surface area contributed by atoms with Crippen LogP contribution in [0.4, 0.5) is 10.8 Å². The first-order valence-electron chi connectivity index (χ1n) is 7.70. The first-order chi connectivity index (χ1) is 11.4. The van der Waals surface area contributed by atoms with Crippen LogP contribution >= 0.6 is 11.3 Å². The van der Waals surface area contributed by atoms with Crippen molar-refractivity contribution in [2.45, 2.75) is 12.5 Å². The van der Waals surface area contributed by atoms with Crippen LogP contribution in [0.1, 0.15) is 12.5 Å². The van der Waals surface area contributed by atoms with Gasteiger partial charge in [0.15, 0.2) is 5.13 Å². The molecule has 1 unspecified atom stereocenters. The van der Waals surface area contributed by atoms with Crippen molar-refractivity contribution in [2.24, 2.45) is 0 Å². The van der Waals surface area contributed by atoms with Gasteiger partial charge in [0.05, 0.1) is 15.8 Å². The van der Waals surface area contributed by atoms with E-state index in [9.17, 15) is 5.11 Å². The lowest BCUT2D eigenvalue weighted by atomic mass is 9.90. The maximum absolute atomic E-state index is 10.5. The number of nitrogens with zero attached hydrogens (tertiary/aromatic N) is 2. The molecular formula is C19H21N3OS. The normalized spacial score (nSPS) is 12.3. The maximum atomic E-state index is 10.5. The zero-order valence-corrected chi connectivity index (χ0v) is 14.9. The molecule has 24 heavy (non-hydrogen) atoms. The molecule has 0 aliphatic heterocycles. The predicted octanol–water partition coefficient (Wildman–Crippen LogP) is 4.45. The molecule has 1 aromatic heterocycles. The Morgan fingerprint density at radius 1 is 1.17 bits per heavy atom. The molecule has 0 amide bonds. The number of fused-ring (bicyclic) bond motifs is 1. The lowest BCUT2D eigenvalue weighted by Crippen LogP contribution is -2.44. The molecule has 0 bridgehead atoms. The standard InChI is InChI=1S/C19H21N3OS/c1-19(2,22(3)4)17(23)13-9-11-14(12-10-13)20-18-21-15-7-5-6-8-16(15)24-18/h5-12,23H,1H2,2-4H3,(H,20,21). The number of aromatic nitrogens is 1. The molecule has 0 fully saturated rings. The van der Waals surface area contributed by atoms with Gasteiger partial charge in [-0.05, 0) is 57.8 Å². The molecule has 2 N–H and O–H groups in total. The van der Waals surface area contributed by atoms with Crippen LogP contribution in [0.2, 0.25) is 0 Å². The van der Waals surface area contributed by atoms with Gasteiger partial charge in [0, 0.05) is 5.69 Å². The van der Waals surface area contributed by atoms with Crippen LogP contribution < -0.4 is 5.32 Å². The first kappa shape index (κ1) is 16.9. The van der Waals surface area contributed by atoms with Crippen LogP contribution in [0.5, 0.6) is 0 Å². The Labute approximate surface area is 146 Å². The SMILES string of the molecule is [CH2]C(C)([C](O)c1ccc(Nc2nc3ccccc3s2)cc1)N(C)C. The fourth-order valence-electron chi connectivity index (χ4n) is 2.28. The van der Waals surface area contributed by atoms with E-state index in [1.807, 2.05) is 68.4 Å². The minimum Gasteiger partial charge on any atom is -0.380 e. The van der Waals surface area contributed by atoms with Gasteiger partial charge in [-0.1, -0.05) is 35.6 Å². The Bertz CT molecular complexity index is 791. The number of nitrogens with one attached hydrogen (secondary N) is 1. The van der Waals surface area contributed by atoms with Crippen LogP contribution in [0.15, 0.2) is 48.5 Å². The molecule has 5 heteroatoms. The Morgan fingerprint density at radius 2 is 1.83 bits per heavy atom. The molecule has 124 valence electrons. The van der Waals surface area contributed by atoms with Gasteiger partial charge in [0.25, 0.3) is 0 Å². The Hall–Kier alpha value is -1.95. The molecule has 0 spiro atoms. The second-order valence-corrected chi connectivity index (χ2v) is 7.24. The molecule has 2 aromatic carbocycles. The number of rotatable bonds is 5. The van der Waals surface area contributed by atoms with Gasteiger partial charge in [-0.3, -0.25) is 0 Å². The molecule has 1 atom stereocenters. The lowest BCUT2D eigenvalue weighted by molar-refractivity contribution is 0.142. The quantitative estimate of drug-likeness (QED) is 0.721. The average molecular weight is 339 g/mol. The van der Waals surface area contributed by atoms with E-state index in [4.69, 9.17) is 0 Å². The van der Waals surface area contributed by atoms with Gasteiger partial charge in [-0.2, -0.15) is 0 Å². The number of aliphatic hydroxyl groups is 1. The summed E-state index contributed by atoms with van der Waals surface area (Å²) in [7, 11) is 3.79. The van der Waals surface area contributed by atoms with Gasteiger partial charge in [0.2, 0.25) is 0 Å². The summed E-state index contributed by atoms with van der Waals surface area (Å²) < 4.78 is 1.15. The van der Waals surface area contributed by atoms with Crippen molar-refractivity contribution in [1.29, 1.82) is 0 Å². The van der Waals surface area contributed by atoms with E-state index in [0.29, 0.717) is 0 Å². The number of likely N-dealkylation sites (N-methyl/N-ethyl adjacent to an activating group) is 1. The number of hydrogen-bond acceptors (Lipinski definition) is 5. The van der Waals surface area contributed by atoms with E-state index in [1.54, 1.807) is 11.3 Å². The largest absolute Gasteiger partial charge is 0.380 e. The van der Waals surface area contributed by atoms with Crippen molar-refractivity contribution in [3.8, 4) is 0 Å². The van der Waals surface area contributed by atoms with Gasteiger partial charge >= 0.3 is 0 Å². The van der Waals surface area contributed by atoms with Crippen LogP contribution in [0.3, 0.4) is 0 Å². The Kier molecular flexibility index (Phi) is 4.58. The number of benzene rings is 2. The second-order valence-electron chi connectivity index (χ2n) is 6.21. The molecule has 1 heterocycles. The summed E-state index contributed by atoms with van der Waals surface area (Å²) in [4.78, 5) is 6.45. The molecule has 0 saturated heterocycles. The van der Waals surface area contributed by atoms with Gasteiger partial charge in [-0.15, -0.1) is 0 Å². The smallest absolute Gasteiger partial charge is 0.188 e. The molecular weight excluding hydrogens is 318 g/mol. The summed E-state index contributed by atoms with van der Waals surface area (Å²) in [5, 5.41) is 14.6. The summed E-state index contributed by atoms with van der Waals surface area (Å²) in [6, 6.07) is 15.7. The van der Waals surface area contributed by atoms with E-state index >= 15 is 0 Å². The number of para-hydroxylation sites is 1. The Morgan fingerprint density at radius 3 is 2.46 bits per heavy atom. The zero-order chi connectivity index (χ0) is 17.3. The molecule has 3 rings (SSSR count). The zero-order valence-electron chi connectivity index (χ0n) is 14.1. The molecule has 0 saturated carbocycles. The number of aliphatic hydroxyl groups excluding tert-OH is 1. The van der Waals surface area contributed by atoms with Crippen LogP contribution in [0, 0.1) is 13.0 Å².